The van der Waals surface area contributed by atoms with Crippen molar-refractivity contribution in [3.8, 4) is 0 Å². The highest BCUT2D eigenvalue weighted by molar-refractivity contribution is 4.64. The van der Waals surface area contributed by atoms with Crippen LogP contribution in [0.15, 0.2) is 25.3 Å². The van der Waals surface area contributed by atoms with Crippen LogP contribution in [0.4, 0.5) is 0 Å². The Morgan fingerprint density at radius 2 is 1.69 bits per heavy atom. The van der Waals surface area contributed by atoms with E-state index in [1.165, 1.54) is 0 Å². The van der Waals surface area contributed by atoms with Gasteiger partial charge in [0.05, 0.1) is 25.9 Å². The lowest BCUT2D eigenvalue weighted by atomic mass is 10.3. The summed E-state index contributed by atoms with van der Waals surface area (Å²) in [6.07, 6.45) is 4.95. The molecule has 0 saturated carbocycles. The van der Waals surface area contributed by atoms with E-state index in [-0.39, 0.29) is 6.10 Å². The van der Waals surface area contributed by atoms with Gasteiger partial charge < -0.3 is 14.6 Å². The van der Waals surface area contributed by atoms with E-state index in [0.717, 1.165) is 19.4 Å². The molecule has 1 N–H and O–H groups in total. The van der Waals surface area contributed by atoms with E-state index >= 15 is 0 Å². The highest BCUT2D eigenvalue weighted by Crippen LogP contribution is 1.89. The molecule has 3 heteroatoms. The Labute approximate surface area is 99.8 Å². The van der Waals surface area contributed by atoms with Crippen molar-refractivity contribution in [2.45, 2.75) is 32.8 Å². The fraction of sp³-hybridized carbons (Fsp3) is 0.692. The quantitative estimate of drug-likeness (QED) is 0.489. The Hall–Kier alpha value is -0.640. The van der Waals surface area contributed by atoms with Gasteiger partial charge in [-0.3, -0.25) is 0 Å². The highest BCUT2D eigenvalue weighted by atomic mass is 16.5. The van der Waals surface area contributed by atoms with Crippen LogP contribution >= 0.6 is 0 Å². The van der Waals surface area contributed by atoms with Gasteiger partial charge in [-0.1, -0.05) is 26.0 Å². The minimum Gasteiger partial charge on any atom is -0.391 e. The van der Waals surface area contributed by atoms with Crippen molar-refractivity contribution in [3.05, 3.63) is 25.3 Å². The summed E-state index contributed by atoms with van der Waals surface area (Å²) in [6.45, 7) is 13.5. The molecular formula is C13H26O3. The lowest BCUT2D eigenvalue weighted by molar-refractivity contribution is 0.0474. The maximum Gasteiger partial charge on any atom is 0.0771 e. The SMILES string of the molecule is C=CCOCC(O)CC.C=CCOCCC. The van der Waals surface area contributed by atoms with E-state index in [4.69, 9.17) is 14.6 Å². The van der Waals surface area contributed by atoms with Crippen LogP contribution in [0.2, 0.25) is 0 Å². The molecule has 0 bridgehead atoms. The zero-order valence-electron chi connectivity index (χ0n) is 10.7. The third kappa shape index (κ3) is 19.0. The molecule has 96 valence electrons. The molecule has 0 saturated heterocycles. The van der Waals surface area contributed by atoms with Crippen LogP contribution in [0.25, 0.3) is 0 Å². The van der Waals surface area contributed by atoms with Crippen LogP contribution < -0.4 is 0 Å². The fourth-order valence-corrected chi connectivity index (χ4v) is 0.716. The van der Waals surface area contributed by atoms with Gasteiger partial charge in [0.2, 0.25) is 0 Å². The predicted molar refractivity (Wildman–Crippen MR) is 68.6 cm³/mol. The summed E-state index contributed by atoms with van der Waals surface area (Å²) in [6, 6.07) is 0. The van der Waals surface area contributed by atoms with Gasteiger partial charge in [-0.05, 0) is 12.8 Å². The lowest BCUT2D eigenvalue weighted by Crippen LogP contribution is -2.13. The first-order chi connectivity index (χ1) is 7.72. The smallest absolute Gasteiger partial charge is 0.0771 e. The van der Waals surface area contributed by atoms with Gasteiger partial charge in [0, 0.05) is 6.61 Å². The largest absolute Gasteiger partial charge is 0.391 e. The number of hydrogen-bond acceptors (Lipinski definition) is 3. The summed E-state index contributed by atoms with van der Waals surface area (Å²) in [7, 11) is 0. The lowest BCUT2D eigenvalue weighted by Gasteiger charge is -2.05. The van der Waals surface area contributed by atoms with E-state index in [2.05, 4.69) is 20.1 Å². The van der Waals surface area contributed by atoms with Crippen molar-refractivity contribution in [3.63, 3.8) is 0 Å². The summed E-state index contributed by atoms with van der Waals surface area (Å²) < 4.78 is 9.98. The van der Waals surface area contributed by atoms with Crippen LogP contribution in [-0.2, 0) is 9.47 Å². The van der Waals surface area contributed by atoms with Crippen LogP contribution in [0, 0.1) is 0 Å². The molecule has 16 heavy (non-hydrogen) atoms. The second kappa shape index (κ2) is 16.8. The zero-order valence-corrected chi connectivity index (χ0v) is 10.7. The Bertz CT molecular complexity index is 146. The molecule has 0 aliphatic carbocycles. The van der Waals surface area contributed by atoms with Crippen molar-refractivity contribution in [1.82, 2.24) is 0 Å². The average molecular weight is 230 g/mol. The van der Waals surface area contributed by atoms with Crippen molar-refractivity contribution in [2.75, 3.05) is 26.4 Å². The molecule has 0 radical (unpaired) electrons. The van der Waals surface area contributed by atoms with E-state index < -0.39 is 0 Å². The van der Waals surface area contributed by atoms with Gasteiger partial charge in [-0.15, -0.1) is 13.2 Å². The molecule has 3 nitrogen and oxygen atoms in total. The summed E-state index contributed by atoms with van der Waals surface area (Å²) in [5, 5.41) is 8.93. The second-order valence-corrected chi connectivity index (χ2v) is 3.25. The van der Waals surface area contributed by atoms with E-state index in [1.807, 2.05) is 6.92 Å². The summed E-state index contributed by atoms with van der Waals surface area (Å²) in [5.41, 5.74) is 0. The van der Waals surface area contributed by atoms with Crippen LogP contribution in [0.3, 0.4) is 0 Å². The number of hydrogen-bond donors (Lipinski definition) is 1. The highest BCUT2D eigenvalue weighted by Gasteiger charge is 1.97. The van der Waals surface area contributed by atoms with E-state index in [1.54, 1.807) is 12.2 Å². The maximum atomic E-state index is 8.93. The normalized spacial score (nSPS) is 11.2. The Balaban J connectivity index is 0. The van der Waals surface area contributed by atoms with Gasteiger partial charge in [0.15, 0.2) is 0 Å². The minimum atomic E-state index is -0.315. The molecule has 0 spiro atoms. The first-order valence-corrected chi connectivity index (χ1v) is 5.78. The molecule has 0 rings (SSSR count). The van der Waals surface area contributed by atoms with Crippen molar-refractivity contribution < 1.29 is 14.6 Å². The molecule has 0 fully saturated rings. The monoisotopic (exact) mass is 230 g/mol. The third-order valence-electron chi connectivity index (χ3n) is 1.60. The Morgan fingerprint density at radius 3 is 2.12 bits per heavy atom. The molecule has 1 unspecified atom stereocenters. The molecule has 0 aliphatic rings. The maximum absolute atomic E-state index is 8.93. The first kappa shape index (κ1) is 17.7. The first-order valence-electron chi connectivity index (χ1n) is 5.78. The topological polar surface area (TPSA) is 38.7 Å². The molecule has 0 aromatic heterocycles. The van der Waals surface area contributed by atoms with Crippen LogP contribution in [0.1, 0.15) is 26.7 Å². The fourth-order valence-electron chi connectivity index (χ4n) is 0.716. The average Bonchev–Trinajstić information content (AvgIpc) is 2.31. The molecule has 0 aliphatic heterocycles. The standard InChI is InChI=1S/C7H14O2.C6H12O/c1-3-5-9-6-7(8)4-2;1-3-5-7-6-4-2/h3,7-8H,1,4-6H2,2H3;3H,1,4-6H2,2H3. The Morgan fingerprint density at radius 1 is 1.12 bits per heavy atom. The number of aliphatic hydroxyl groups is 1. The van der Waals surface area contributed by atoms with Gasteiger partial charge in [-0.2, -0.15) is 0 Å². The molecule has 0 aromatic carbocycles. The summed E-state index contributed by atoms with van der Waals surface area (Å²) in [4.78, 5) is 0. The molecule has 0 amide bonds. The molecular weight excluding hydrogens is 204 g/mol. The number of ether oxygens (including phenoxy) is 2. The van der Waals surface area contributed by atoms with Gasteiger partial charge >= 0.3 is 0 Å². The summed E-state index contributed by atoms with van der Waals surface area (Å²) >= 11 is 0. The third-order valence-corrected chi connectivity index (χ3v) is 1.60. The summed E-state index contributed by atoms with van der Waals surface area (Å²) in [5.74, 6) is 0. The number of rotatable bonds is 9. The zero-order chi connectivity index (χ0) is 12.6. The van der Waals surface area contributed by atoms with Crippen LogP contribution in [0.5, 0.6) is 0 Å². The minimum absolute atomic E-state index is 0.315. The van der Waals surface area contributed by atoms with Crippen molar-refractivity contribution in [2.24, 2.45) is 0 Å². The van der Waals surface area contributed by atoms with Crippen molar-refractivity contribution >= 4 is 0 Å². The van der Waals surface area contributed by atoms with E-state index in [9.17, 15) is 0 Å². The van der Waals surface area contributed by atoms with Crippen LogP contribution in [-0.4, -0.2) is 37.6 Å². The van der Waals surface area contributed by atoms with Gasteiger partial charge in [0.25, 0.3) is 0 Å². The van der Waals surface area contributed by atoms with E-state index in [0.29, 0.717) is 19.8 Å². The predicted octanol–water partition coefficient (Wildman–Crippen LogP) is 2.56. The number of aliphatic hydroxyl groups excluding tert-OH is 1. The second-order valence-electron chi connectivity index (χ2n) is 3.25. The van der Waals surface area contributed by atoms with Crippen molar-refractivity contribution in [1.29, 1.82) is 0 Å². The van der Waals surface area contributed by atoms with Gasteiger partial charge in [0.1, 0.15) is 0 Å². The Kier molecular flexibility index (Phi) is 18.6. The molecule has 0 heterocycles. The molecule has 1 atom stereocenters. The molecule has 0 aromatic rings. The van der Waals surface area contributed by atoms with Gasteiger partial charge in [-0.25, -0.2) is 0 Å².